The van der Waals surface area contributed by atoms with Gasteiger partial charge in [-0.3, -0.25) is 0 Å². The van der Waals surface area contributed by atoms with Gasteiger partial charge in [-0.2, -0.15) is 0 Å². The minimum atomic E-state index is 0.736. The van der Waals surface area contributed by atoms with Crippen LogP contribution in [0, 0.1) is 0 Å². The summed E-state index contributed by atoms with van der Waals surface area (Å²) in [5, 5.41) is 0. The van der Waals surface area contributed by atoms with Crippen LogP contribution in [0.1, 0.15) is 78.1 Å². The second-order valence-corrected chi connectivity index (χ2v) is 5.38. The molecule has 0 aromatic heterocycles. The second kappa shape index (κ2) is 13.6. The van der Waals surface area contributed by atoms with E-state index in [1.54, 1.807) is 0 Å². The molecular weight excluding hydrogens is 234 g/mol. The summed E-state index contributed by atoms with van der Waals surface area (Å²) >= 11 is 0. The summed E-state index contributed by atoms with van der Waals surface area (Å²) in [5.41, 5.74) is 1.32. The molecule has 0 saturated carbocycles. The zero-order valence-corrected chi connectivity index (χ0v) is 13.1. The van der Waals surface area contributed by atoms with Crippen LogP contribution in [-0.4, -0.2) is 24.3 Å². The van der Waals surface area contributed by atoms with Crippen molar-refractivity contribution in [1.29, 1.82) is 0 Å². The van der Waals surface area contributed by atoms with E-state index in [9.17, 15) is 4.79 Å². The molecule has 2 heteroatoms. The Balaban J connectivity index is 3.52. The SMILES string of the molecule is C=C(CCCCCCCCC=O)N(CCC)CCC. The maximum Gasteiger partial charge on any atom is 0.119 e. The molecule has 0 spiro atoms. The van der Waals surface area contributed by atoms with Crippen molar-refractivity contribution >= 4 is 6.29 Å². The average Bonchev–Trinajstić information content (AvgIpc) is 2.41. The number of carbonyl (C=O) groups excluding carboxylic acids is 1. The van der Waals surface area contributed by atoms with E-state index in [4.69, 9.17) is 0 Å². The van der Waals surface area contributed by atoms with Gasteiger partial charge in [-0.1, -0.05) is 46.1 Å². The summed E-state index contributed by atoms with van der Waals surface area (Å²) in [5.74, 6) is 0. The lowest BCUT2D eigenvalue weighted by molar-refractivity contribution is -0.107. The molecule has 0 aliphatic heterocycles. The van der Waals surface area contributed by atoms with Crippen molar-refractivity contribution in [2.75, 3.05) is 13.1 Å². The van der Waals surface area contributed by atoms with Crippen LogP contribution in [-0.2, 0) is 4.79 Å². The molecule has 0 aromatic carbocycles. The first kappa shape index (κ1) is 18.2. The monoisotopic (exact) mass is 267 g/mol. The van der Waals surface area contributed by atoms with Crippen molar-refractivity contribution in [2.45, 2.75) is 78.1 Å². The first-order chi connectivity index (χ1) is 9.26. The maximum atomic E-state index is 10.2. The highest BCUT2D eigenvalue weighted by Crippen LogP contribution is 2.15. The van der Waals surface area contributed by atoms with Gasteiger partial charge < -0.3 is 9.69 Å². The van der Waals surface area contributed by atoms with E-state index in [0.717, 1.165) is 38.6 Å². The largest absolute Gasteiger partial charge is 0.375 e. The minimum absolute atomic E-state index is 0.736. The van der Waals surface area contributed by atoms with Crippen molar-refractivity contribution < 1.29 is 4.79 Å². The van der Waals surface area contributed by atoms with Crippen molar-refractivity contribution in [3.8, 4) is 0 Å². The number of allylic oxidation sites excluding steroid dienone is 1. The third-order valence-corrected chi connectivity index (χ3v) is 3.47. The van der Waals surface area contributed by atoms with Crippen molar-refractivity contribution in [2.24, 2.45) is 0 Å². The Hall–Kier alpha value is -0.790. The van der Waals surface area contributed by atoms with Crippen LogP contribution in [0.4, 0.5) is 0 Å². The van der Waals surface area contributed by atoms with Crippen LogP contribution in [0.25, 0.3) is 0 Å². The van der Waals surface area contributed by atoms with Crippen LogP contribution in [0.15, 0.2) is 12.3 Å². The molecule has 0 fully saturated rings. The lowest BCUT2D eigenvalue weighted by Crippen LogP contribution is -2.24. The van der Waals surface area contributed by atoms with Crippen LogP contribution in [0.2, 0.25) is 0 Å². The summed E-state index contributed by atoms with van der Waals surface area (Å²) in [4.78, 5) is 12.6. The molecule has 0 heterocycles. The van der Waals surface area contributed by atoms with Crippen molar-refractivity contribution in [3.63, 3.8) is 0 Å². The second-order valence-electron chi connectivity index (χ2n) is 5.38. The van der Waals surface area contributed by atoms with Gasteiger partial charge in [0.05, 0.1) is 0 Å². The van der Waals surface area contributed by atoms with Crippen molar-refractivity contribution in [1.82, 2.24) is 4.90 Å². The fourth-order valence-electron chi connectivity index (χ4n) is 2.39. The standard InChI is InChI=1S/C17H33NO/c1-4-14-18(15-5-2)17(3)13-11-9-7-6-8-10-12-16-19/h16H,3-15H2,1-2H3. The number of aldehydes is 1. The predicted molar refractivity (Wildman–Crippen MR) is 84.3 cm³/mol. The molecule has 0 rings (SSSR count). The third kappa shape index (κ3) is 10.8. The summed E-state index contributed by atoms with van der Waals surface area (Å²) in [6.07, 6.45) is 12.7. The number of rotatable bonds is 14. The molecule has 19 heavy (non-hydrogen) atoms. The van der Waals surface area contributed by atoms with E-state index in [1.165, 1.54) is 50.6 Å². The Labute approximate surface area is 120 Å². The fourth-order valence-corrected chi connectivity index (χ4v) is 2.39. The molecule has 0 atom stereocenters. The summed E-state index contributed by atoms with van der Waals surface area (Å²) in [7, 11) is 0. The Morgan fingerprint density at radius 3 is 2.00 bits per heavy atom. The molecule has 112 valence electrons. The molecule has 0 aliphatic carbocycles. The molecular formula is C17H33NO. The molecule has 0 radical (unpaired) electrons. The van der Waals surface area contributed by atoms with E-state index in [2.05, 4.69) is 25.3 Å². The van der Waals surface area contributed by atoms with Gasteiger partial charge in [0.1, 0.15) is 6.29 Å². The van der Waals surface area contributed by atoms with Crippen LogP contribution < -0.4 is 0 Å². The molecule has 0 bridgehead atoms. The van der Waals surface area contributed by atoms with Crippen LogP contribution in [0.3, 0.4) is 0 Å². The highest BCUT2D eigenvalue weighted by atomic mass is 16.1. The van der Waals surface area contributed by atoms with Gasteiger partial charge in [0.15, 0.2) is 0 Å². The molecule has 0 N–H and O–H groups in total. The minimum Gasteiger partial charge on any atom is -0.375 e. The number of hydrogen-bond acceptors (Lipinski definition) is 2. The van der Waals surface area contributed by atoms with Crippen molar-refractivity contribution in [3.05, 3.63) is 12.3 Å². The lowest BCUT2D eigenvalue weighted by Gasteiger charge is -2.26. The Morgan fingerprint density at radius 2 is 1.47 bits per heavy atom. The third-order valence-electron chi connectivity index (χ3n) is 3.47. The van der Waals surface area contributed by atoms with Gasteiger partial charge >= 0.3 is 0 Å². The van der Waals surface area contributed by atoms with Gasteiger partial charge in [0.2, 0.25) is 0 Å². The predicted octanol–water partition coefficient (Wildman–Crippen LogP) is 4.94. The fraction of sp³-hybridized carbons (Fsp3) is 0.824. The van der Waals surface area contributed by atoms with Gasteiger partial charge in [-0.05, 0) is 32.1 Å². The van der Waals surface area contributed by atoms with Crippen LogP contribution >= 0.6 is 0 Å². The number of carbonyl (C=O) groups is 1. The smallest absolute Gasteiger partial charge is 0.119 e. The number of unbranched alkanes of at least 4 members (excludes halogenated alkanes) is 6. The highest BCUT2D eigenvalue weighted by Gasteiger charge is 2.05. The zero-order valence-electron chi connectivity index (χ0n) is 13.1. The van der Waals surface area contributed by atoms with E-state index in [-0.39, 0.29) is 0 Å². The molecule has 0 aliphatic rings. The Bertz CT molecular complexity index is 219. The number of hydrogen-bond donors (Lipinski definition) is 0. The average molecular weight is 267 g/mol. The van der Waals surface area contributed by atoms with Gasteiger partial charge in [0.25, 0.3) is 0 Å². The molecule has 0 aromatic rings. The van der Waals surface area contributed by atoms with Gasteiger partial charge in [-0.25, -0.2) is 0 Å². The van der Waals surface area contributed by atoms with Gasteiger partial charge in [0, 0.05) is 25.2 Å². The van der Waals surface area contributed by atoms with E-state index >= 15 is 0 Å². The van der Waals surface area contributed by atoms with E-state index in [1.807, 2.05) is 0 Å². The zero-order chi connectivity index (χ0) is 14.3. The number of nitrogens with zero attached hydrogens (tertiary/aromatic N) is 1. The first-order valence-corrected chi connectivity index (χ1v) is 8.12. The quantitative estimate of drug-likeness (QED) is 0.328. The van der Waals surface area contributed by atoms with Gasteiger partial charge in [-0.15, -0.1) is 0 Å². The lowest BCUT2D eigenvalue weighted by atomic mass is 10.1. The van der Waals surface area contributed by atoms with E-state index < -0.39 is 0 Å². The summed E-state index contributed by atoms with van der Waals surface area (Å²) in [6.45, 7) is 11.0. The molecule has 0 unspecified atom stereocenters. The van der Waals surface area contributed by atoms with Crippen LogP contribution in [0.5, 0.6) is 0 Å². The first-order valence-electron chi connectivity index (χ1n) is 8.12. The molecule has 0 amide bonds. The van der Waals surface area contributed by atoms with E-state index in [0.29, 0.717) is 0 Å². The maximum absolute atomic E-state index is 10.2. The Kier molecular flexibility index (Phi) is 13.1. The summed E-state index contributed by atoms with van der Waals surface area (Å²) in [6, 6.07) is 0. The highest BCUT2D eigenvalue weighted by molar-refractivity contribution is 5.48. The molecule has 2 nitrogen and oxygen atoms in total. The topological polar surface area (TPSA) is 20.3 Å². The summed E-state index contributed by atoms with van der Waals surface area (Å²) < 4.78 is 0. The molecule has 0 saturated heterocycles. The Morgan fingerprint density at radius 1 is 0.947 bits per heavy atom. The normalized spacial score (nSPS) is 10.4.